The van der Waals surface area contributed by atoms with Crippen molar-refractivity contribution in [2.24, 2.45) is 5.73 Å². The molecule has 0 fully saturated rings. The van der Waals surface area contributed by atoms with Crippen molar-refractivity contribution in [1.29, 1.82) is 0 Å². The van der Waals surface area contributed by atoms with Crippen LogP contribution in [-0.2, 0) is 12.8 Å². The van der Waals surface area contributed by atoms with Gasteiger partial charge in [0, 0.05) is 18.4 Å². The number of hydrogen-bond donors (Lipinski definition) is 1. The molecule has 1 unspecified atom stereocenters. The number of nitrogens with zero attached hydrogens (tertiary/aromatic N) is 1. The molecule has 2 N–H and O–H groups in total. The van der Waals surface area contributed by atoms with E-state index in [2.05, 4.69) is 11.9 Å². The molecule has 0 aliphatic heterocycles. The van der Waals surface area contributed by atoms with Gasteiger partial charge in [-0.3, -0.25) is 4.98 Å². The fraction of sp³-hybridized carbons (Fsp3) is 0.267. The van der Waals surface area contributed by atoms with Crippen LogP contribution >= 0.6 is 23.2 Å². The summed E-state index contributed by atoms with van der Waals surface area (Å²) in [4.78, 5) is 4.13. The first-order valence-electron chi connectivity index (χ1n) is 6.24. The first kappa shape index (κ1) is 14.3. The highest BCUT2D eigenvalue weighted by Crippen LogP contribution is 2.29. The number of aryl methyl sites for hydroxylation is 1. The van der Waals surface area contributed by atoms with Crippen molar-refractivity contribution >= 4 is 23.2 Å². The Balaban J connectivity index is 2.26. The highest BCUT2D eigenvalue weighted by Gasteiger charge is 2.13. The minimum absolute atomic E-state index is 0.103. The van der Waals surface area contributed by atoms with Crippen molar-refractivity contribution in [2.45, 2.75) is 25.8 Å². The number of pyridine rings is 1. The van der Waals surface area contributed by atoms with E-state index in [0.29, 0.717) is 16.5 Å². The molecule has 1 atom stereocenters. The summed E-state index contributed by atoms with van der Waals surface area (Å²) in [6, 6.07) is 7.50. The van der Waals surface area contributed by atoms with Gasteiger partial charge in [-0.05, 0) is 41.7 Å². The molecule has 2 rings (SSSR count). The van der Waals surface area contributed by atoms with E-state index in [-0.39, 0.29) is 6.04 Å². The summed E-state index contributed by atoms with van der Waals surface area (Å²) in [6.45, 7) is 2.10. The maximum atomic E-state index is 6.29. The molecule has 0 spiro atoms. The van der Waals surface area contributed by atoms with Gasteiger partial charge in [0.1, 0.15) is 0 Å². The summed E-state index contributed by atoms with van der Waals surface area (Å²) in [6.07, 6.45) is 5.22. The molecule has 4 heteroatoms. The smallest absolute Gasteiger partial charge is 0.0624 e. The van der Waals surface area contributed by atoms with Gasteiger partial charge >= 0.3 is 0 Å². The lowest BCUT2D eigenvalue weighted by molar-refractivity contribution is 0.710. The molecule has 100 valence electrons. The van der Waals surface area contributed by atoms with Crippen molar-refractivity contribution in [1.82, 2.24) is 4.98 Å². The minimum Gasteiger partial charge on any atom is -0.324 e. The standard InChI is InChI=1S/C15H16Cl2N2/c1-2-10-9-19-7-6-12(10)14(18)8-11-4-3-5-13(16)15(11)17/h3-7,9,14H,2,8,18H2,1H3. The third-order valence-corrected chi connectivity index (χ3v) is 4.05. The Labute approximate surface area is 123 Å². The normalized spacial score (nSPS) is 12.4. The highest BCUT2D eigenvalue weighted by molar-refractivity contribution is 6.42. The SMILES string of the molecule is CCc1cnccc1C(N)Cc1cccc(Cl)c1Cl. The zero-order valence-corrected chi connectivity index (χ0v) is 12.2. The molecular weight excluding hydrogens is 279 g/mol. The number of aromatic nitrogens is 1. The van der Waals surface area contributed by atoms with Gasteiger partial charge in [-0.1, -0.05) is 42.3 Å². The molecule has 0 bridgehead atoms. The van der Waals surface area contributed by atoms with E-state index < -0.39 is 0 Å². The van der Waals surface area contributed by atoms with Crippen molar-refractivity contribution < 1.29 is 0 Å². The van der Waals surface area contributed by atoms with Crippen LogP contribution in [0.4, 0.5) is 0 Å². The van der Waals surface area contributed by atoms with Crippen LogP contribution < -0.4 is 5.73 Å². The fourth-order valence-electron chi connectivity index (χ4n) is 2.15. The summed E-state index contributed by atoms with van der Waals surface area (Å²) in [5, 5.41) is 1.16. The van der Waals surface area contributed by atoms with Crippen LogP contribution in [0.1, 0.15) is 29.7 Å². The van der Waals surface area contributed by atoms with Gasteiger partial charge in [0.25, 0.3) is 0 Å². The van der Waals surface area contributed by atoms with Gasteiger partial charge < -0.3 is 5.73 Å². The lowest BCUT2D eigenvalue weighted by Gasteiger charge is -2.16. The quantitative estimate of drug-likeness (QED) is 0.918. The minimum atomic E-state index is -0.103. The maximum absolute atomic E-state index is 6.29. The predicted molar refractivity (Wildman–Crippen MR) is 80.7 cm³/mol. The van der Waals surface area contributed by atoms with Crippen LogP contribution in [0.2, 0.25) is 10.0 Å². The molecule has 0 saturated carbocycles. The molecule has 0 saturated heterocycles. The average molecular weight is 295 g/mol. The van der Waals surface area contributed by atoms with E-state index in [4.69, 9.17) is 28.9 Å². The van der Waals surface area contributed by atoms with Gasteiger partial charge in [-0.15, -0.1) is 0 Å². The molecule has 2 nitrogen and oxygen atoms in total. The molecule has 1 aromatic heterocycles. The first-order valence-corrected chi connectivity index (χ1v) is 7.00. The molecule has 1 heterocycles. The number of benzene rings is 1. The zero-order valence-electron chi connectivity index (χ0n) is 10.7. The lowest BCUT2D eigenvalue weighted by atomic mass is 9.96. The molecule has 0 radical (unpaired) electrons. The number of halogens is 2. The van der Waals surface area contributed by atoms with Crippen molar-refractivity contribution in [2.75, 3.05) is 0 Å². The molecule has 0 aliphatic carbocycles. The van der Waals surface area contributed by atoms with Gasteiger partial charge in [-0.2, -0.15) is 0 Å². The van der Waals surface area contributed by atoms with Crippen molar-refractivity contribution in [3.8, 4) is 0 Å². The Morgan fingerprint density at radius 2 is 2.00 bits per heavy atom. The Kier molecular flexibility index (Phi) is 4.81. The van der Waals surface area contributed by atoms with Crippen LogP contribution in [0.15, 0.2) is 36.7 Å². The topological polar surface area (TPSA) is 38.9 Å². The first-order chi connectivity index (χ1) is 9.13. The summed E-state index contributed by atoms with van der Waals surface area (Å²) < 4.78 is 0. The van der Waals surface area contributed by atoms with Crippen molar-refractivity contribution in [3.63, 3.8) is 0 Å². The average Bonchev–Trinajstić information content (AvgIpc) is 2.43. The van der Waals surface area contributed by atoms with Gasteiger partial charge in [0.05, 0.1) is 10.0 Å². The van der Waals surface area contributed by atoms with Crippen LogP contribution in [0, 0.1) is 0 Å². The Morgan fingerprint density at radius 1 is 1.21 bits per heavy atom. The Bertz CT molecular complexity index is 570. The zero-order chi connectivity index (χ0) is 13.8. The van der Waals surface area contributed by atoms with E-state index in [1.807, 2.05) is 24.4 Å². The van der Waals surface area contributed by atoms with E-state index in [1.54, 1.807) is 12.3 Å². The molecule has 0 amide bonds. The van der Waals surface area contributed by atoms with Crippen LogP contribution in [-0.4, -0.2) is 4.98 Å². The summed E-state index contributed by atoms with van der Waals surface area (Å²) in [5.41, 5.74) is 9.56. The van der Waals surface area contributed by atoms with E-state index in [0.717, 1.165) is 17.5 Å². The molecule has 2 aromatic rings. The third-order valence-electron chi connectivity index (χ3n) is 3.19. The van der Waals surface area contributed by atoms with E-state index >= 15 is 0 Å². The van der Waals surface area contributed by atoms with Crippen molar-refractivity contribution in [3.05, 3.63) is 63.4 Å². The second-order valence-electron chi connectivity index (χ2n) is 4.45. The lowest BCUT2D eigenvalue weighted by Crippen LogP contribution is -2.15. The number of hydrogen-bond acceptors (Lipinski definition) is 2. The summed E-state index contributed by atoms with van der Waals surface area (Å²) in [5.74, 6) is 0. The molecule has 0 aliphatic rings. The maximum Gasteiger partial charge on any atom is 0.0624 e. The summed E-state index contributed by atoms with van der Waals surface area (Å²) in [7, 11) is 0. The molecular formula is C15H16Cl2N2. The predicted octanol–water partition coefficient (Wildman–Crippen LogP) is 4.19. The molecule has 1 aromatic carbocycles. The number of rotatable bonds is 4. The second kappa shape index (κ2) is 6.38. The van der Waals surface area contributed by atoms with Gasteiger partial charge in [-0.25, -0.2) is 0 Å². The van der Waals surface area contributed by atoms with Gasteiger partial charge in [0.2, 0.25) is 0 Å². The number of nitrogens with two attached hydrogens (primary N) is 1. The van der Waals surface area contributed by atoms with Crippen LogP contribution in [0.25, 0.3) is 0 Å². The third kappa shape index (κ3) is 3.27. The summed E-state index contributed by atoms with van der Waals surface area (Å²) >= 11 is 12.2. The van der Waals surface area contributed by atoms with Gasteiger partial charge in [0.15, 0.2) is 0 Å². The highest BCUT2D eigenvalue weighted by atomic mass is 35.5. The monoisotopic (exact) mass is 294 g/mol. The Hall–Kier alpha value is -1.09. The van der Waals surface area contributed by atoms with Crippen LogP contribution in [0.3, 0.4) is 0 Å². The fourth-order valence-corrected chi connectivity index (χ4v) is 2.55. The van der Waals surface area contributed by atoms with E-state index in [9.17, 15) is 0 Å². The largest absolute Gasteiger partial charge is 0.324 e. The Morgan fingerprint density at radius 3 is 2.74 bits per heavy atom. The second-order valence-corrected chi connectivity index (χ2v) is 5.24. The van der Waals surface area contributed by atoms with E-state index in [1.165, 1.54) is 5.56 Å². The van der Waals surface area contributed by atoms with Crippen LogP contribution in [0.5, 0.6) is 0 Å². The molecule has 19 heavy (non-hydrogen) atoms.